The fraction of sp³-hybridized carbons (Fsp3) is 0.167. The zero-order valence-corrected chi connectivity index (χ0v) is 13.5. The van der Waals surface area contributed by atoms with Gasteiger partial charge >= 0.3 is 5.69 Å². The number of carbonyl (C=O) groups is 1. The highest BCUT2D eigenvalue weighted by Crippen LogP contribution is 2.09. The number of hydrogen-bond acceptors (Lipinski definition) is 3. The molecule has 128 valence electrons. The number of aromatic amines is 1. The number of nitrogens with one attached hydrogen (secondary N) is 2. The molecule has 0 saturated carbocycles. The zero-order valence-electron chi connectivity index (χ0n) is 13.5. The first kappa shape index (κ1) is 16.6. The third-order valence-electron chi connectivity index (χ3n) is 3.94. The van der Waals surface area contributed by atoms with Crippen molar-refractivity contribution in [2.24, 2.45) is 0 Å². The Morgan fingerprint density at radius 3 is 2.72 bits per heavy atom. The lowest BCUT2D eigenvalue weighted by molar-refractivity contribution is 0.0951. The first-order chi connectivity index (χ1) is 12.0. The Balaban J connectivity index is 1.75. The summed E-state index contributed by atoms with van der Waals surface area (Å²) >= 11 is 0. The monoisotopic (exact) mass is 341 g/mol. The molecular weight excluding hydrogens is 325 g/mol. The molecule has 2 aromatic carbocycles. The average molecular weight is 341 g/mol. The van der Waals surface area contributed by atoms with Gasteiger partial charge in [0.05, 0.1) is 10.9 Å². The standard InChI is InChI=1S/C18H16FN3O3/c1-11-6-7-12(10-14(11)19)16(23)20-8-9-22-17(24)13-4-2-3-5-15(13)21-18(22)25/h2-7,10H,8-9H2,1H3,(H,20,23)(H,21,25). The first-order valence-electron chi connectivity index (χ1n) is 7.73. The quantitative estimate of drug-likeness (QED) is 0.755. The van der Waals surface area contributed by atoms with E-state index in [0.717, 1.165) is 10.6 Å². The molecule has 25 heavy (non-hydrogen) atoms. The van der Waals surface area contributed by atoms with Gasteiger partial charge in [-0.15, -0.1) is 0 Å². The van der Waals surface area contributed by atoms with Crippen molar-refractivity contribution in [2.45, 2.75) is 13.5 Å². The number of aromatic nitrogens is 2. The maximum atomic E-state index is 13.5. The van der Waals surface area contributed by atoms with Gasteiger partial charge < -0.3 is 10.3 Å². The van der Waals surface area contributed by atoms with Gasteiger partial charge in [-0.05, 0) is 36.8 Å². The molecule has 1 heterocycles. The molecule has 0 aliphatic rings. The minimum atomic E-state index is -0.542. The van der Waals surface area contributed by atoms with Gasteiger partial charge in [-0.1, -0.05) is 18.2 Å². The molecule has 0 atom stereocenters. The van der Waals surface area contributed by atoms with Crippen LogP contribution in [0.1, 0.15) is 15.9 Å². The van der Waals surface area contributed by atoms with E-state index < -0.39 is 23.0 Å². The third-order valence-corrected chi connectivity index (χ3v) is 3.94. The molecular formula is C18H16FN3O3. The van der Waals surface area contributed by atoms with Crippen molar-refractivity contribution < 1.29 is 9.18 Å². The normalized spacial score (nSPS) is 10.8. The summed E-state index contributed by atoms with van der Waals surface area (Å²) in [6, 6.07) is 10.9. The van der Waals surface area contributed by atoms with Crippen LogP contribution in [0.25, 0.3) is 10.9 Å². The zero-order chi connectivity index (χ0) is 18.0. The number of amides is 1. The van der Waals surface area contributed by atoms with E-state index in [1.165, 1.54) is 12.1 Å². The average Bonchev–Trinajstić information content (AvgIpc) is 2.60. The molecule has 6 nitrogen and oxygen atoms in total. The largest absolute Gasteiger partial charge is 0.350 e. The van der Waals surface area contributed by atoms with Crippen molar-refractivity contribution in [3.8, 4) is 0 Å². The van der Waals surface area contributed by atoms with Gasteiger partial charge in [0.15, 0.2) is 0 Å². The van der Waals surface area contributed by atoms with Gasteiger partial charge in [-0.2, -0.15) is 0 Å². The van der Waals surface area contributed by atoms with Gasteiger partial charge in [0.2, 0.25) is 0 Å². The van der Waals surface area contributed by atoms with Crippen molar-refractivity contribution in [3.63, 3.8) is 0 Å². The van der Waals surface area contributed by atoms with Crippen molar-refractivity contribution >= 4 is 16.8 Å². The molecule has 1 amide bonds. The van der Waals surface area contributed by atoms with E-state index in [9.17, 15) is 18.8 Å². The minimum Gasteiger partial charge on any atom is -0.350 e. The van der Waals surface area contributed by atoms with E-state index in [2.05, 4.69) is 10.3 Å². The molecule has 0 saturated heterocycles. The predicted octanol–water partition coefficient (Wildman–Crippen LogP) is 1.57. The molecule has 0 fully saturated rings. The van der Waals surface area contributed by atoms with E-state index in [-0.39, 0.29) is 18.7 Å². The SMILES string of the molecule is Cc1ccc(C(=O)NCCn2c(=O)[nH]c3ccccc3c2=O)cc1F. The molecule has 0 unspecified atom stereocenters. The smallest absolute Gasteiger partial charge is 0.328 e. The Kier molecular flexibility index (Phi) is 4.47. The van der Waals surface area contributed by atoms with Gasteiger partial charge in [-0.25, -0.2) is 9.18 Å². The number of benzene rings is 2. The number of rotatable bonds is 4. The van der Waals surface area contributed by atoms with E-state index in [0.29, 0.717) is 16.5 Å². The minimum absolute atomic E-state index is 0.0130. The van der Waals surface area contributed by atoms with E-state index in [4.69, 9.17) is 0 Å². The fourth-order valence-electron chi connectivity index (χ4n) is 2.52. The van der Waals surface area contributed by atoms with Crippen LogP contribution in [-0.4, -0.2) is 22.0 Å². The van der Waals surface area contributed by atoms with Gasteiger partial charge in [0, 0.05) is 18.7 Å². The Labute approximate surface area is 141 Å². The van der Waals surface area contributed by atoms with E-state index in [1.54, 1.807) is 31.2 Å². The first-order valence-corrected chi connectivity index (χ1v) is 7.73. The van der Waals surface area contributed by atoms with E-state index >= 15 is 0 Å². The molecule has 0 spiro atoms. The molecule has 0 radical (unpaired) electrons. The van der Waals surface area contributed by atoms with Crippen molar-refractivity contribution in [2.75, 3.05) is 6.54 Å². The number of fused-ring (bicyclic) bond motifs is 1. The van der Waals surface area contributed by atoms with Crippen LogP contribution in [0, 0.1) is 12.7 Å². The summed E-state index contributed by atoms with van der Waals surface area (Å²) in [6.45, 7) is 1.68. The molecule has 0 aliphatic heterocycles. The maximum absolute atomic E-state index is 13.5. The summed E-state index contributed by atoms with van der Waals surface area (Å²) in [5.74, 6) is -0.931. The fourth-order valence-corrected chi connectivity index (χ4v) is 2.52. The Bertz CT molecular complexity index is 1070. The van der Waals surface area contributed by atoms with Crippen LogP contribution in [0.2, 0.25) is 0 Å². The summed E-state index contributed by atoms with van der Waals surface area (Å²) < 4.78 is 14.5. The number of halogens is 1. The van der Waals surface area contributed by atoms with Crippen LogP contribution in [0.4, 0.5) is 4.39 Å². The Morgan fingerprint density at radius 1 is 1.20 bits per heavy atom. The summed E-state index contributed by atoms with van der Waals surface area (Å²) in [5.41, 5.74) is 0.135. The molecule has 0 bridgehead atoms. The Morgan fingerprint density at radius 2 is 1.96 bits per heavy atom. The summed E-state index contributed by atoms with van der Waals surface area (Å²) in [6.07, 6.45) is 0. The number of aryl methyl sites for hydroxylation is 1. The maximum Gasteiger partial charge on any atom is 0.328 e. The Hall–Kier alpha value is -3.22. The number of H-pyrrole nitrogens is 1. The highest BCUT2D eigenvalue weighted by Gasteiger charge is 2.10. The van der Waals surface area contributed by atoms with Crippen LogP contribution in [-0.2, 0) is 6.54 Å². The number of carbonyl (C=O) groups excluding carboxylic acids is 1. The summed E-state index contributed by atoms with van der Waals surface area (Å²) in [4.78, 5) is 39.0. The van der Waals surface area contributed by atoms with Crippen LogP contribution >= 0.6 is 0 Å². The van der Waals surface area contributed by atoms with Crippen LogP contribution in [0.5, 0.6) is 0 Å². The van der Waals surface area contributed by atoms with Gasteiger partial charge in [0.1, 0.15) is 5.82 Å². The molecule has 0 aliphatic carbocycles. The van der Waals surface area contributed by atoms with Gasteiger partial charge in [-0.3, -0.25) is 14.2 Å². The second-order valence-electron chi connectivity index (χ2n) is 5.65. The third kappa shape index (κ3) is 3.35. The number of para-hydroxylation sites is 1. The topological polar surface area (TPSA) is 84.0 Å². The summed E-state index contributed by atoms with van der Waals surface area (Å²) in [7, 11) is 0. The van der Waals surface area contributed by atoms with Crippen molar-refractivity contribution in [1.82, 2.24) is 14.9 Å². The van der Waals surface area contributed by atoms with Crippen molar-refractivity contribution in [1.29, 1.82) is 0 Å². The predicted molar refractivity (Wildman–Crippen MR) is 92.3 cm³/mol. The molecule has 3 rings (SSSR count). The lowest BCUT2D eigenvalue weighted by atomic mass is 10.1. The highest BCUT2D eigenvalue weighted by atomic mass is 19.1. The lowest BCUT2D eigenvalue weighted by Gasteiger charge is -2.08. The number of nitrogens with zero attached hydrogens (tertiary/aromatic N) is 1. The number of hydrogen-bond donors (Lipinski definition) is 2. The summed E-state index contributed by atoms with van der Waals surface area (Å²) in [5, 5.41) is 2.98. The molecule has 3 aromatic rings. The molecule has 1 aromatic heterocycles. The van der Waals surface area contributed by atoms with Gasteiger partial charge in [0.25, 0.3) is 11.5 Å². The van der Waals surface area contributed by atoms with E-state index in [1.807, 2.05) is 0 Å². The van der Waals surface area contributed by atoms with Crippen LogP contribution in [0.15, 0.2) is 52.1 Å². The molecule has 7 heteroatoms. The second kappa shape index (κ2) is 6.72. The van der Waals surface area contributed by atoms with Crippen molar-refractivity contribution in [3.05, 3.63) is 80.2 Å². The molecule has 2 N–H and O–H groups in total. The second-order valence-corrected chi connectivity index (χ2v) is 5.65. The lowest BCUT2D eigenvalue weighted by Crippen LogP contribution is -2.39. The highest BCUT2D eigenvalue weighted by molar-refractivity contribution is 5.94. The van der Waals surface area contributed by atoms with Crippen LogP contribution in [0.3, 0.4) is 0 Å². The van der Waals surface area contributed by atoms with Crippen LogP contribution < -0.4 is 16.6 Å².